The first-order chi connectivity index (χ1) is 25.6. The monoisotopic (exact) mass is 724 g/mol. The molecule has 0 saturated carbocycles. The smallest absolute Gasteiger partial charge is 0.407 e. The normalized spacial score (nSPS) is 12.3. The zero-order chi connectivity index (χ0) is 37.6. The maximum atomic E-state index is 13.1. The molecule has 0 spiro atoms. The Kier molecular flexibility index (Phi) is 11.1. The summed E-state index contributed by atoms with van der Waals surface area (Å²) in [6.07, 6.45) is 1.93. The Bertz CT molecular complexity index is 2160. The molecule has 6 rings (SSSR count). The fraction of sp³-hybridized carbons (Fsp3) is 0.368. The highest BCUT2D eigenvalue weighted by Gasteiger charge is 2.24. The molecule has 5 aromatic rings. The molecule has 0 saturated heterocycles. The molecule has 2 aromatic heterocycles. The van der Waals surface area contributed by atoms with Gasteiger partial charge in [0.05, 0.1) is 50.2 Å². The Morgan fingerprint density at radius 1 is 0.906 bits per heavy atom. The Morgan fingerprint density at radius 3 is 2.38 bits per heavy atom. The highest BCUT2D eigenvalue weighted by Crippen LogP contribution is 2.42. The fourth-order valence-electron chi connectivity index (χ4n) is 6.44. The standard InChI is InChI=1S/C38H44N8O7/c1-6-12-45(34(47)17-40-37(49)51-4)19-32-39-16-30(43-32)24-8-10-26-25(13-24)21-53-31-15-27-23(14-28(26)31)9-11-29-36(27)44-33(42-29)20-46(22(3)7-2)35(48)18-41-38(50)52-5/h8-11,13-16,22H,6-7,12,17-21H2,1-5H3,(H,39,43)(H,40,49)(H,41,50)(H,42,44)/t22-/m0/s1. The van der Waals surface area contributed by atoms with Gasteiger partial charge in [0.1, 0.15) is 37.1 Å². The van der Waals surface area contributed by atoms with Crippen molar-refractivity contribution in [3.05, 3.63) is 65.9 Å². The van der Waals surface area contributed by atoms with Gasteiger partial charge in [-0.3, -0.25) is 9.59 Å². The van der Waals surface area contributed by atoms with E-state index in [9.17, 15) is 19.2 Å². The van der Waals surface area contributed by atoms with Gasteiger partial charge in [0, 0.05) is 23.5 Å². The molecule has 3 heterocycles. The van der Waals surface area contributed by atoms with Gasteiger partial charge < -0.3 is 44.6 Å². The number of aromatic nitrogens is 4. The maximum absolute atomic E-state index is 13.1. The molecule has 0 bridgehead atoms. The van der Waals surface area contributed by atoms with Crippen LogP contribution in [0.3, 0.4) is 0 Å². The number of carbonyl (C=O) groups excluding carboxylic acids is 4. The summed E-state index contributed by atoms with van der Waals surface area (Å²) in [5.41, 5.74) is 6.45. The molecular formula is C38H44N8O7. The number of H-pyrrole nitrogens is 2. The summed E-state index contributed by atoms with van der Waals surface area (Å²) in [6.45, 7) is 7.05. The zero-order valence-electron chi connectivity index (χ0n) is 30.5. The summed E-state index contributed by atoms with van der Waals surface area (Å²) in [4.78, 5) is 68.3. The van der Waals surface area contributed by atoms with E-state index >= 15 is 0 Å². The van der Waals surface area contributed by atoms with E-state index in [0.29, 0.717) is 24.8 Å². The number of carbonyl (C=O) groups is 4. The first-order valence-corrected chi connectivity index (χ1v) is 17.6. The van der Waals surface area contributed by atoms with Crippen LogP contribution in [-0.2, 0) is 38.8 Å². The van der Waals surface area contributed by atoms with E-state index in [2.05, 4.69) is 53.3 Å². The van der Waals surface area contributed by atoms with Gasteiger partial charge in [-0.25, -0.2) is 19.6 Å². The van der Waals surface area contributed by atoms with Crippen LogP contribution in [0.5, 0.6) is 5.75 Å². The molecule has 0 unspecified atom stereocenters. The van der Waals surface area contributed by atoms with Gasteiger partial charge >= 0.3 is 12.2 Å². The van der Waals surface area contributed by atoms with Crippen molar-refractivity contribution in [3.8, 4) is 28.1 Å². The summed E-state index contributed by atoms with van der Waals surface area (Å²) in [5, 5.41) is 6.84. The number of amides is 4. The Labute approximate surface area is 306 Å². The van der Waals surface area contributed by atoms with Gasteiger partial charge in [-0.05, 0) is 66.1 Å². The van der Waals surface area contributed by atoms with Crippen molar-refractivity contribution in [2.75, 3.05) is 33.9 Å². The molecule has 3 aromatic carbocycles. The molecular weight excluding hydrogens is 680 g/mol. The predicted molar refractivity (Wildman–Crippen MR) is 198 cm³/mol. The number of ether oxygens (including phenoxy) is 3. The minimum Gasteiger partial charge on any atom is -0.488 e. The van der Waals surface area contributed by atoms with Crippen LogP contribution < -0.4 is 15.4 Å². The Morgan fingerprint density at radius 2 is 1.66 bits per heavy atom. The minimum absolute atomic E-state index is 0.0711. The summed E-state index contributed by atoms with van der Waals surface area (Å²) in [5.74, 6) is 1.56. The van der Waals surface area contributed by atoms with Gasteiger partial charge in [-0.15, -0.1) is 0 Å². The van der Waals surface area contributed by atoms with Crippen molar-refractivity contribution in [1.29, 1.82) is 0 Å². The average Bonchev–Trinajstić information content (AvgIpc) is 3.83. The first kappa shape index (κ1) is 36.7. The van der Waals surface area contributed by atoms with E-state index < -0.39 is 12.2 Å². The quantitative estimate of drug-likeness (QED) is 0.126. The number of alkyl carbamates (subject to hydrolysis) is 2. The van der Waals surface area contributed by atoms with Crippen LogP contribution in [0, 0.1) is 0 Å². The number of hydrogen-bond donors (Lipinski definition) is 4. The molecule has 4 N–H and O–H groups in total. The number of fused-ring (bicyclic) bond motifs is 6. The molecule has 1 aliphatic rings. The lowest BCUT2D eigenvalue weighted by Crippen LogP contribution is -2.44. The summed E-state index contributed by atoms with van der Waals surface area (Å²) < 4.78 is 15.5. The van der Waals surface area contributed by atoms with Crippen molar-refractivity contribution in [2.24, 2.45) is 0 Å². The SMILES string of the molecule is CCCN(Cc1ncc(-c2ccc3c(c2)COc2cc4c(ccc5[nH]c(CN(C(=O)CNC(=O)OC)[C@@H](C)CC)nc54)cc2-3)[nH]1)C(=O)CNC(=O)OC. The number of imidazole rings is 2. The molecule has 1 aliphatic heterocycles. The van der Waals surface area contributed by atoms with E-state index in [0.717, 1.165) is 68.3 Å². The van der Waals surface area contributed by atoms with Crippen molar-refractivity contribution in [2.45, 2.75) is 59.4 Å². The molecule has 15 heteroatoms. The van der Waals surface area contributed by atoms with Crippen molar-refractivity contribution in [1.82, 2.24) is 40.4 Å². The van der Waals surface area contributed by atoms with Gasteiger partial charge in [0.15, 0.2) is 0 Å². The number of methoxy groups -OCH3 is 2. The van der Waals surface area contributed by atoms with E-state index in [4.69, 9.17) is 9.72 Å². The molecule has 0 fully saturated rings. The predicted octanol–water partition coefficient (Wildman–Crippen LogP) is 5.24. The molecule has 0 radical (unpaired) electrons. The highest BCUT2D eigenvalue weighted by atomic mass is 16.5. The third kappa shape index (κ3) is 8.03. The number of rotatable bonds is 13. The number of nitrogens with zero attached hydrogens (tertiary/aromatic N) is 4. The van der Waals surface area contributed by atoms with Crippen molar-refractivity contribution >= 4 is 45.8 Å². The third-order valence-corrected chi connectivity index (χ3v) is 9.42. The lowest BCUT2D eigenvalue weighted by molar-refractivity contribution is -0.133. The second-order valence-electron chi connectivity index (χ2n) is 12.9. The fourth-order valence-corrected chi connectivity index (χ4v) is 6.44. The van der Waals surface area contributed by atoms with Crippen molar-refractivity contribution in [3.63, 3.8) is 0 Å². The van der Waals surface area contributed by atoms with E-state index in [1.54, 1.807) is 16.0 Å². The van der Waals surface area contributed by atoms with E-state index in [-0.39, 0.29) is 44.0 Å². The number of aromatic amines is 2. The molecule has 278 valence electrons. The van der Waals surface area contributed by atoms with Crippen molar-refractivity contribution < 1.29 is 33.4 Å². The molecule has 53 heavy (non-hydrogen) atoms. The van der Waals surface area contributed by atoms with Gasteiger partial charge in [0.2, 0.25) is 11.8 Å². The second kappa shape index (κ2) is 16.0. The lowest BCUT2D eigenvalue weighted by atomic mass is 9.92. The molecule has 4 amide bonds. The Hall–Kier alpha value is -6.12. The zero-order valence-corrected chi connectivity index (χ0v) is 30.5. The van der Waals surface area contributed by atoms with Crippen LogP contribution in [0.1, 0.15) is 50.8 Å². The summed E-state index contributed by atoms with van der Waals surface area (Å²) in [7, 11) is 2.51. The maximum Gasteiger partial charge on any atom is 0.407 e. The largest absolute Gasteiger partial charge is 0.488 e. The topological polar surface area (TPSA) is 184 Å². The summed E-state index contributed by atoms with van der Waals surface area (Å²) in [6, 6.07) is 14.3. The van der Waals surface area contributed by atoms with Crippen LogP contribution in [0.4, 0.5) is 9.59 Å². The minimum atomic E-state index is -0.660. The first-order valence-electron chi connectivity index (χ1n) is 17.6. The van der Waals surface area contributed by atoms with Gasteiger partial charge in [-0.1, -0.05) is 32.0 Å². The molecule has 1 atom stereocenters. The number of nitrogens with one attached hydrogen (secondary N) is 4. The van der Waals surface area contributed by atoms with E-state index in [1.807, 2.05) is 45.0 Å². The van der Waals surface area contributed by atoms with Crippen LogP contribution in [0.25, 0.3) is 44.2 Å². The third-order valence-electron chi connectivity index (χ3n) is 9.42. The highest BCUT2D eigenvalue weighted by molar-refractivity contribution is 6.07. The van der Waals surface area contributed by atoms with Crippen LogP contribution in [0.2, 0.25) is 0 Å². The average molecular weight is 725 g/mol. The molecule has 0 aliphatic carbocycles. The number of benzene rings is 3. The Balaban J connectivity index is 1.21. The van der Waals surface area contributed by atoms with Crippen LogP contribution in [0.15, 0.2) is 48.7 Å². The lowest BCUT2D eigenvalue weighted by Gasteiger charge is -2.27. The van der Waals surface area contributed by atoms with Gasteiger partial charge in [0.25, 0.3) is 0 Å². The van der Waals surface area contributed by atoms with Crippen LogP contribution in [-0.4, -0.2) is 93.6 Å². The van der Waals surface area contributed by atoms with Gasteiger partial charge in [-0.2, -0.15) is 0 Å². The molecule has 15 nitrogen and oxygen atoms in total. The van der Waals surface area contributed by atoms with Crippen LogP contribution >= 0.6 is 0 Å². The van der Waals surface area contributed by atoms with E-state index in [1.165, 1.54) is 14.2 Å². The second-order valence-corrected chi connectivity index (χ2v) is 12.9. The summed E-state index contributed by atoms with van der Waals surface area (Å²) >= 11 is 0. The number of hydrogen-bond acceptors (Lipinski definition) is 9.